The molecule has 0 saturated carbocycles. The minimum atomic E-state index is -0.165. The quantitative estimate of drug-likeness (QED) is 0.586. The molecule has 1 saturated heterocycles. The van der Waals surface area contributed by atoms with Crippen LogP contribution in [0.1, 0.15) is 5.56 Å². The van der Waals surface area contributed by atoms with E-state index in [0.29, 0.717) is 23.6 Å². The average Bonchev–Trinajstić information content (AvgIpc) is 2.82. The minimum Gasteiger partial charge on any atom is -0.493 e. The molecule has 3 aromatic rings. The third-order valence-corrected chi connectivity index (χ3v) is 5.63. The Morgan fingerprint density at radius 1 is 0.968 bits per heavy atom. The van der Waals surface area contributed by atoms with Gasteiger partial charge in [-0.15, -0.1) is 0 Å². The predicted octanol–water partition coefficient (Wildman–Crippen LogP) is 2.70. The van der Waals surface area contributed by atoms with Crippen molar-refractivity contribution in [3.8, 4) is 11.5 Å². The summed E-state index contributed by atoms with van der Waals surface area (Å²) in [5, 5.41) is 5.62. The standard InChI is InChI=1S/C24H28N4O3/c1-30-21-11-10-20-17-25-28(24(29)22(20)23(21)31-2)18-27-15-13-26(14-16-27)12-6-9-19-7-4-3-5-8-19/h3-11,17H,12-16,18H2,1-2H3/b9-6+. The molecule has 7 nitrogen and oxygen atoms in total. The van der Waals surface area contributed by atoms with E-state index in [2.05, 4.69) is 39.2 Å². The number of methoxy groups -OCH3 is 2. The van der Waals surface area contributed by atoms with Gasteiger partial charge in [-0.1, -0.05) is 42.5 Å². The van der Waals surface area contributed by atoms with Crippen molar-refractivity contribution in [3.63, 3.8) is 0 Å². The summed E-state index contributed by atoms with van der Waals surface area (Å²) < 4.78 is 12.3. The Morgan fingerprint density at radius 3 is 2.42 bits per heavy atom. The molecule has 4 rings (SSSR count). The molecule has 1 fully saturated rings. The summed E-state index contributed by atoms with van der Waals surface area (Å²) in [6, 6.07) is 14.0. The highest BCUT2D eigenvalue weighted by Gasteiger charge is 2.19. The molecule has 7 heteroatoms. The number of hydrogen-bond donors (Lipinski definition) is 0. The molecule has 0 radical (unpaired) electrons. The Labute approximate surface area is 182 Å². The van der Waals surface area contributed by atoms with E-state index >= 15 is 0 Å². The van der Waals surface area contributed by atoms with Gasteiger partial charge < -0.3 is 9.47 Å². The molecule has 0 bridgehead atoms. The van der Waals surface area contributed by atoms with E-state index < -0.39 is 0 Å². The van der Waals surface area contributed by atoms with Gasteiger partial charge in [-0.3, -0.25) is 14.6 Å². The fourth-order valence-electron chi connectivity index (χ4n) is 3.89. The van der Waals surface area contributed by atoms with E-state index in [1.807, 2.05) is 24.3 Å². The summed E-state index contributed by atoms with van der Waals surface area (Å²) in [6.07, 6.45) is 6.08. The van der Waals surface area contributed by atoms with Crippen molar-refractivity contribution in [1.29, 1.82) is 0 Å². The molecule has 162 valence electrons. The van der Waals surface area contributed by atoms with E-state index in [0.717, 1.165) is 38.1 Å². The number of piperazine rings is 1. The largest absolute Gasteiger partial charge is 0.493 e. The van der Waals surface area contributed by atoms with Crippen molar-refractivity contribution in [1.82, 2.24) is 19.6 Å². The molecule has 2 aromatic carbocycles. The Kier molecular flexibility index (Phi) is 6.64. The maximum absolute atomic E-state index is 13.1. The Morgan fingerprint density at radius 2 is 1.71 bits per heavy atom. The van der Waals surface area contributed by atoms with E-state index in [1.54, 1.807) is 26.5 Å². The van der Waals surface area contributed by atoms with E-state index in [9.17, 15) is 4.79 Å². The van der Waals surface area contributed by atoms with Crippen LogP contribution in [0.15, 0.2) is 59.5 Å². The zero-order valence-electron chi connectivity index (χ0n) is 18.0. The first-order valence-electron chi connectivity index (χ1n) is 10.5. The molecule has 1 aliphatic rings. The van der Waals surface area contributed by atoms with Crippen LogP contribution >= 0.6 is 0 Å². The fourth-order valence-corrected chi connectivity index (χ4v) is 3.89. The minimum absolute atomic E-state index is 0.165. The molecule has 31 heavy (non-hydrogen) atoms. The first kappa shape index (κ1) is 21.1. The van der Waals surface area contributed by atoms with Gasteiger partial charge in [-0.25, -0.2) is 4.68 Å². The third kappa shape index (κ3) is 4.78. The van der Waals surface area contributed by atoms with Gasteiger partial charge in [0.1, 0.15) is 0 Å². The van der Waals surface area contributed by atoms with Gasteiger partial charge in [-0.05, 0) is 17.7 Å². The monoisotopic (exact) mass is 420 g/mol. The Balaban J connectivity index is 1.40. The molecule has 0 N–H and O–H groups in total. The van der Waals surface area contributed by atoms with Gasteiger partial charge in [0.05, 0.1) is 32.5 Å². The zero-order valence-corrected chi connectivity index (χ0v) is 18.0. The Bertz CT molecular complexity index is 1100. The van der Waals surface area contributed by atoms with Crippen LogP contribution in [0.25, 0.3) is 16.8 Å². The van der Waals surface area contributed by atoms with Gasteiger partial charge >= 0.3 is 0 Å². The molecular weight excluding hydrogens is 392 g/mol. The van der Waals surface area contributed by atoms with E-state index in [1.165, 1.54) is 10.2 Å². The molecule has 1 aliphatic heterocycles. The van der Waals surface area contributed by atoms with Gasteiger partial charge in [0.2, 0.25) is 0 Å². The van der Waals surface area contributed by atoms with Crippen molar-refractivity contribution in [2.45, 2.75) is 6.67 Å². The molecule has 1 aromatic heterocycles. The normalized spacial score (nSPS) is 15.5. The number of hydrogen-bond acceptors (Lipinski definition) is 6. The second kappa shape index (κ2) is 9.76. The maximum atomic E-state index is 13.1. The molecule has 2 heterocycles. The first-order chi connectivity index (χ1) is 15.2. The number of ether oxygens (including phenoxy) is 2. The highest BCUT2D eigenvalue weighted by molar-refractivity contribution is 5.89. The topological polar surface area (TPSA) is 59.8 Å². The summed E-state index contributed by atoms with van der Waals surface area (Å²) in [4.78, 5) is 17.8. The number of rotatable bonds is 7. The zero-order chi connectivity index (χ0) is 21.6. The number of aromatic nitrogens is 2. The van der Waals surface area contributed by atoms with Gasteiger partial charge in [0.15, 0.2) is 11.5 Å². The van der Waals surface area contributed by atoms with Crippen LogP contribution in [0.5, 0.6) is 11.5 Å². The molecule has 0 unspecified atom stereocenters. The van der Waals surface area contributed by atoms with E-state index in [4.69, 9.17) is 9.47 Å². The van der Waals surface area contributed by atoms with Gasteiger partial charge in [-0.2, -0.15) is 5.10 Å². The predicted molar refractivity (Wildman–Crippen MR) is 123 cm³/mol. The molecular formula is C24H28N4O3. The molecule has 0 amide bonds. The smallest absolute Gasteiger partial charge is 0.279 e. The highest BCUT2D eigenvalue weighted by atomic mass is 16.5. The van der Waals surface area contributed by atoms with Crippen LogP contribution < -0.4 is 15.0 Å². The SMILES string of the molecule is COc1ccc2cnn(CN3CCN(C/C=C/c4ccccc4)CC3)c(=O)c2c1OC. The van der Waals surface area contributed by atoms with Crippen LogP contribution in [0.4, 0.5) is 0 Å². The van der Waals surface area contributed by atoms with Gasteiger partial charge in [0, 0.05) is 38.1 Å². The number of fused-ring (bicyclic) bond motifs is 1. The van der Waals surface area contributed by atoms with Crippen molar-refractivity contribution in [3.05, 3.63) is 70.7 Å². The summed E-state index contributed by atoms with van der Waals surface area (Å²) in [6.45, 7) is 5.08. The maximum Gasteiger partial charge on any atom is 0.279 e. The second-order valence-corrected chi connectivity index (χ2v) is 7.59. The Hall–Kier alpha value is -3.16. The molecule has 0 aliphatic carbocycles. The fraction of sp³-hybridized carbons (Fsp3) is 0.333. The summed E-state index contributed by atoms with van der Waals surface area (Å²) in [5.41, 5.74) is 1.05. The van der Waals surface area contributed by atoms with Crippen LogP contribution in [0, 0.1) is 0 Å². The first-order valence-corrected chi connectivity index (χ1v) is 10.5. The number of benzene rings is 2. The highest BCUT2D eigenvalue weighted by Crippen LogP contribution is 2.32. The van der Waals surface area contributed by atoms with Crippen molar-refractivity contribution < 1.29 is 9.47 Å². The van der Waals surface area contributed by atoms with Crippen LogP contribution in [-0.2, 0) is 6.67 Å². The van der Waals surface area contributed by atoms with Gasteiger partial charge in [0.25, 0.3) is 5.56 Å². The second-order valence-electron chi connectivity index (χ2n) is 7.59. The lowest BCUT2D eigenvalue weighted by molar-refractivity contribution is 0.109. The third-order valence-electron chi connectivity index (χ3n) is 5.63. The summed E-state index contributed by atoms with van der Waals surface area (Å²) in [5.74, 6) is 0.998. The lowest BCUT2D eigenvalue weighted by Crippen LogP contribution is -2.47. The lowest BCUT2D eigenvalue weighted by atomic mass is 10.1. The van der Waals surface area contributed by atoms with Crippen LogP contribution in [0.2, 0.25) is 0 Å². The van der Waals surface area contributed by atoms with E-state index in [-0.39, 0.29) is 5.56 Å². The summed E-state index contributed by atoms with van der Waals surface area (Å²) >= 11 is 0. The molecule has 0 atom stereocenters. The van der Waals surface area contributed by atoms with Crippen molar-refractivity contribution in [2.75, 3.05) is 46.9 Å². The lowest BCUT2D eigenvalue weighted by Gasteiger charge is -2.34. The van der Waals surface area contributed by atoms with Crippen molar-refractivity contribution in [2.24, 2.45) is 0 Å². The van der Waals surface area contributed by atoms with Crippen LogP contribution in [0.3, 0.4) is 0 Å². The average molecular weight is 421 g/mol. The van der Waals surface area contributed by atoms with Crippen molar-refractivity contribution >= 4 is 16.8 Å². The number of nitrogens with zero attached hydrogens (tertiary/aromatic N) is 4. The molecule has 0 spiro atoms. The van der Waals surface area contributed by atoms with Crippen LogP contribution in [-0.4, -0.2) is 66.5 Å². The summed E-state index contributed by atoms with van der Waals surface area (Å²) in [7, 11) is 3.12.